The van der Waals surface area contributed by atoms with Gasteiger partial charge in [0, 0.05) is 32.5 Å². The van der Waals surface area contributed by atoms with Gasteiger partial charge < -0.3 is 10.2 Å². The van der Waals surface area contributed by atoms with E-state index in [0.717, 1.165) is 5.56 Å². The van der Waals surface area contributed by atoms with Crippen LogP contribution in [-0.4, -0.2) is 41.8 Å². The number of hydrogen-bond donors (Lipinski definition) is 1. The molecule has 1 aromatic carbocycles. The van der Waals surface area contributed by atoms with Crippen LogP contribution < -0.4 is 5.32 Å². The van der Waals surface area contributed by atoms with Crippen LogP contribution in [0, 0.1) is 5.82 Å². The fraction of sp³-hybridized carbons (Fsp3) is 0.316. The standard InChI is InChI=1S/C19H22FN3O2/c1-23(13-9-15-6-10-21-11-7-15)19(25)14-18(24)22-12-8-16-4-2-3-5-17(16)20/h2-7,10-11H,8-9,12-14H2,1H3,(H,22,24). The van der Waals surface area contributed by atoms with Crippen molar-refractivity contribution in [2.24, 2.45) is 0 Å². The third-order valence-corrected chi connectivity index (χ3v) is 3.90. The van der Waals surface area contributed by atoms with Crippen molar-refractivity contribution in [1.82, 2.24) is 15.2 Å². The smallest absolute Gasteiger partial charge is 0.231 e. The van der Waals surface area contributed by atoms with E-state index in [1.807, 2.05) is 12.1 Å². The molecule has 0 aliphatic heterocycles. The number of likely N-dealkylation sites (N-methyl/N-ethyl adjacent to an activating group) is 1. The molecule has 0 fully saturated rings. The fourth-order valence-electron chi connectivity index (χ4n) is 2.34. The van der Waals surface area contributed by atoms with Crippen LogP contribution in [0.5, 0.6) is 0 Å². The molecule has 6 heteroatoms. The van der Waals surface area contributed by atoms with Gasteiger partial charge in [-0.1, -0.05) is 18.2 Å². The van der Waals surface area contributed by atoms with Gasteiger partial charge in [-0.2, -0.15) is 0 Å². The van der Waals surface area contributed by atoms with Crippen LogP contribution in [0.2, 0.25) is 0 Å². The van der Waals surface area contributed by atoms with Gasteiger partial charge in [0.1, 0.15) is 12.2 Å². The van der Waals surface area contributed by atoms with Crippen molar-refractivity contribution in [3.8, 4) is 0 Å². The van der Waals surface area contributed by atoms with Gasteiger partial charge in [-0.3, -0.25) is 14.6 Å². The monoisotopic (exact) mass is 343 g/mol. The van der Waals surface area contributed by atoms with Gasteiger partial charge in [-0.25, -0.2) is 4.39 Å². The van der Waals surface area contributed by atoms with Gasteiger partial charge in [0.05, 0.1) is 0 Å². The molecule has 5 nitrogen and oxygen atoms in total. The highest BCUT2D eigenvalue weighted by Crippen LogP contribution is 2.06. The highest BCUT2D eigenvalue weighted by molar-refractivity contribution is 5.96. The van der Waals surface area contributed by atoms with E-state index >= 15 is 0 Å². The molecule has 0 saturated heterocycles. The van der Waals surface area contributed by atoms with Gasteiger partial charge >= 0.3 is 0 Å². The Balaban J connectivity index is 1.68. The van der Waals surface area contributed by atoms with Crippen molar-refractivity contribution in [2.75, 3.05) is 20.1 Å². The molecule has 0 atom stereocenters. The molecule has 132 valence electrons. The zero-order valence-corrected chi connectivity index (χ0v) is 14.2. The maximum atomic E-state index is 13.5. The van der Waals surface area contributed by atoms with Gasteiger partial charge in [-0.15, -0.1) is 0 Å². The first-order valence-electron chi connectivity index (χ1n) is 8.19. The van der Waals surface area contributed by atoms with Crippen LogP contribution in [0.25, 0.3) is 0 Å². The maximum Gasteiger partial charge on any atom is 0.231 e. The van der Waals surface area contributed by atoms with E-state index in [0.29, 0.717) is 31.5 Å². The Bertz CT molecular complexity index is 707. The molecule has 0 bridgehead atoms. The van der Waals surface area contributed by atoms with Gasteiger partial charge in [0.15, 0.2) is 0 Å². The molecule has 0 radical (unpaired) electrons. The van der Waals surface area contributed by atoms with E-state index in [9.17, 15) is 14.0 Å². The fourth-order valence-corrected chi connectivity index (χ4v) is 2.34. The zero-order valence-electron chi connectivity index (χ0n) is 14.2. The summed E-state index contributed by atoms with van der Waals surface area (Å²) in [7, 11) is 1.68. The van der Waals surface area contributed by atoms with E-state index in [1.54, 1.807) is 37.6 Å². The Morgan fingerprint density at radius 3 is 2.56 bits per heavy atom. The van der Waals surface area contributed by atoms with Gasteiger partial charge in [0.25, 0.3) is 0 Å². The summed E-state index contributed by atoms with van der Waals surface area (Å²) >= 11 is 0. The van der Waals surface area contributed by atoms with Crippen LogP contribution in [0.15, 0.2) is 48.8 Å². The zero-order chi connectivity index (χ0) is 18.1. The first kappa shape index (κ1) is 18.6. The number of amides is 2. The molecule has 25 heavy (non-hydrogen) atoms. The minimum atomic E-state index is -0.350. The third kappa shape index (κ3) is 6.33. The van der Waals surface area contributed by atoms with Crippen molar-refractivity contribution < 1.29 is 14.0 Å². The van der Waals surface area contributed by atoms with Crippen LogP contribution in [0.4, 0.5) is 4.39 Å². The summed E-state index contributed by atoms with van der Waals surface area (Å²) in [5.41, 5.74) is 1.63. The first-order chi connectivity index (χ1) is 12.1. The minimum absolute atomic E-state index is 0.204. The van der Waals surface area contributed by atoms with E-state index in [-0.39, 0.29) is 24.1 Å². The molecule has 2 amide bonds. The van der Waals surface area contributed by atoms with Crippen molar-refractivity contribution in [3.63, 3.8) is 0 Å². The highest BCUT2D eigenvalue weighted by Gasteiger charge is 2.13. The predicted molar refractivity (Wildman–Crippen MR) is 93.3 cm³/mol. The summed E-state index contributed by atoms with van der Waals surface area (Å²) in [6, 6.07) is 10.2. The van der Waals surface area contributed by atoms with E-state index < -0.39 is 0 Å². The number of halogens is 1. The molecule has 0 spiro atoms. The molecule has 1 heterocycles. The number of pyridine rings is 1. The lowest BCUT2D eigenvalue weighted by Crippen LogP contribution is -2.35. The molecule has 0 saturated carbocycles. The molecular formula is C19H22FN3O2. The van der Waals surface area contributed by atoms with Crippen molar-refractivity contribution in [2.45, 2.75) is 19.3 Å². The van der Waals surface area contributed by atoms with E-state index in [2.05, 4.69) is 10.3 Å². The lowest BCUT2D eigenvalue weighted by molar-refractivity contribution is -0.135. The third-order valence-electron chi connectivity index (χ3n) is 3.90. The van der Waals surface area contributed by atoms with Gasteiger partial charge in [0.2, 0.25) is 11.8 Å². The number of nitrogens with zero attached hydrogens (tertiary/aromatic N) is 2. The normalized spacial score (nSPS) is 10.3. The highest BCUT2D eigenvalue weighted by atomic mass is 19.1. The van der Waals surface area contributed by atoms with Crippen molar-refractivity contribution >= 4 is 11.8 Å². The molecular weight excluding hydrogens is 321 g/mol. The minimum Gasteiger partial charge on any atom is -0.355 e. The SMILES string of the molecule is CN(CCc1ccncc1)C(=O)CC(=O)NCCc1ccccc1F. The quantitative estimate of drug-likeness (QED) is 0.746. The Morgan fingerprint density at radius 1 is 1.12 bits per heavy atom. The van der Waals surface area contributed by atoms with Crippen LogP contribution >= 0.6 is 0 Å². The van der Waals surface area contributed by atoms with Crippen molar-refractivity contribution in [3.05, 3.63) is 65.7 Å². The van der Waals surface area contributed by atoms with E-state index in [4.69, 9.17) is 0 Å². The molecule has 1 N–H and O–H groups in total. The molecule has 1 aromatic heterocycles. The number of benzene rings is 1. The van der Waals surface area contributed by atoms with Crippen LogP contribution in [0.1, 0.15) is 17.5 Å². The second-order valence-electron chi connectivity index (χ2n) is 5.79. The summed E-state index contributed by atoms with van der Waals surface area (Å²) in [4.78, 5) is 29.4. The molecule has 2 aromatic rings. The molecule has 2 rings (SSSR count). The second kappa shape index (κ2) is 9.52. The summed E-state index contributed by atoms with van der Waals surface area (Å²) < 4.78 is 13.5. The largest absolute Gasteiger partial charge is 0.355 e. The Hall–Kier alpha value is -2.76. The number of hydrogen-bond acceptors (Lipinski definition) is 3. The number of carbonyl (C=O) groups excluding carboxylic acids is 2. The average Bonchev–Trinajstić information content (AvgIpc) is 2.62. The topological polar surface area (TPSA) is 62.3 Å². The molecule has 0 unspecified atom stereocenters. The number of rotatable bonds is 8. The van der Waals surface area contributed by atoms with Crippen LogP contribution in [-0.2, 0) is 22.4 Å². The Morgan fingerprint density at radius 2 is 1.84 bits per heavy atom. The Labute approximate surface area is 146 Å². The summed E-state index contributed by atoms with van der Waals surface area (Å²) in [5.74, 6) is -0.877. The maximum absolute atomic E-state index is 13.5. The van der Waals surface area contributed by atoms with E-state index in [1.165, 1.54) is 11.0 Å². The first-order valence-corrected chi connectivity index (χ1v) is 8.19. The Kier molecular flexibility index (Phi) is 7.07. The second-order valence-corrected chi connectivity index (χ2v) is 5.79. The summed E-state index contributed by atoms with van der Waals surface area (Å²) in [6.07, 6.45) is 4.31. The van der Waals surface area contributed by atoms with Crippen LogP contribution in [0.3, 0.4) is 0 Å². The number of carbonyl (C=O) groups is 2. The lowest BCUT2D eigenvalue weighted by atomic mass is 10.1. The summed E-state index contributed by atoms with van der Waals surface area (Å²) in [6.45, 7) is 0.832. The summed E-state index contributed by atoms with van der Waals surface area (Å²) in [5, 5.41) is 2.66. The van der Waals surface area contributed by atoms with Gasteiger partial charge in [-0.05, 0) is 42.2 Å². The predicted octanol–water partition coefficient (Wildman–Crippen LogP) is 1.97. The molecule has 0 aliphatic carbocycles. The number of aromatic nitrogens is 1. The lowest BCUT2D eigenvalue weighted by Gasteiger charge is -2.17. The molecule has 0 aliphatic rings. The number of nitrogens with one attached hydrogen (secondary N) is 1. The average molecular weight is 343 g/mol. The van der Waals surface area contributed by atoms with Crippen molar-refractivity contribution in [1.29, 1.82) is 0 Å².